The summed E-state index contributed by atoms with van der Waals surface area (Å²) >= 11 is 1.65. The predicted molar refractivity (Wildman–Crippen MR) is 104 cm³/mol. The van der Waals surface area contributed by atoms with E-state index in [1.165, 1.54) is 36.9 Å². The van der Waals surface area contributed by atoms with Crippen LogP contribution in [0.1, 0.15) is 55.7 Å². The fourth-order valence-corrected chi connectivity index (χ4v) is 3.76. The lowest BCUT2D eigenvalue weighted by Gasteiger charge is -2.28. The van der Waals surface area contributed by atoms with Gasteiger partial charge in [0.15, 0.2) is 0 Å². The van der Waals surface area contributed by atoms with Crippen molar-refractivity contribution in [3.63, 3.8) is 0 Å². The molecule has 0 fully saturated rings. The minimum Gasteiger partial charge on any atom is -0.374 e. The molecule has 2 heterocycles. The summed E-state index contributed by atoms with van der Waals surface area (Å²) < 4.78 is 0. The Bertz CT molecular complexity index is 710. The van der Waals surface area contributed by atoms with Gasteiger partial charge in [0.1, 0.15) is 0 Å². The monoisotopic (exact) mass is 341 g/mol. The Hall–Kier alpha value is -1.86. The zero-order chi connectivity index (χ0) is 17.5. The van der Waals surface area contributed by atoms with E-state index < -0.39 is 0 Å². The summed E-state index contributed by atoms with van der Waals surface area (Å²) in [6.45, 7) is 7.48. The van der Waals surface area contributed by atoms with Gasteiger partial charge in [0.25, 0.3) is 0 Å². The molecule has 3 rings (SSSR count). The summed E-state index contributed by atoms with van der Waals surface area (Å²) in [6, 6.07) is 6.53. The average molecular weight is 342 g/mol. The molecule has 0 saturated carbocycles. The van der Waals surface area contributed by atoms with Crippen LogP contribution >= 0.6 is 11.3 Å². The smallest absolute Gasteiger partial charge is 0.0999 e. The van der Waals surface area contributed by atoms with Crippen LogP contribution in [0.3, 0.4) is 0 Å². The van der Waals surface area contributed by atoms with E-state index in [4.69, 9.17) is 0 Å². The zero-order valence-corrected chi connectivity index (χ0v) is 16.0. The molecule has 0 spiro atoms. The maximum absolute atomic E-state index is 9.39. The Balaban J connectivity index is 0.000000368. The Morgan fingerprint density at radius 3 is 2.58 bits per heavy atom. The van der Waals surface area contributed by atoms with Crippen molar-refractivity contribution in [3.05, 3.63) is 34.5 Å². The van der Waals surface area contributed by atoms with E-state index >= 15 is 0 Å². The predicted octanol–water partition coefficient (Wildman–Crippen LogP) is 5.57. The van der Waals surface area contributed by atoms with Gasteiger partial charge in [0, 0.05) is 31.0 Å². The SMILES string of the molecule is CCCCC.Cc1ncc(-c2cc3c(cc2C#N)N(C)CCC3)s1. The summed E-state index contributed by atoms with van der Waals surface area (Å²) in [6.07, 6.45) is 8.22. The molecule has 1 aliphatic heterocycles. The molecule has 1 aliphatic rings. The molecule has 1 aromatic carbocycles. The Morgan fingerprint density at radius 2 is 2.04 bits per heavy atom. The molecule has 0 bridgehead atoms. The molecular formula is C20H27N3S. The highest BCUT2D eigenvalue weighted by molar-refractivity contribution is 7.15. The van der Waals surface area contributed by atoms with E-state index in [0.29, 0.717) is 0 Å². The summed E-state index contributed by atoms with van der Waals surface area (Å²) in [4.78, 5) is 7.62. The highest BCUT2D eigenvalue weighted by atomic mass is 32.1. The standard InChI is InChI=1S/C15H15N3S.C5H12/c1-10-17-9-15(19-10)13-6-11-4-3-5-18(2)14(11)7-12(13)8-16;1-3-5-4-2/h6-7,9H,3-5H2,1-2H3;3-5H2,1-2H3. The number of aromatic nitrogens is 1. The highest BCUT2D eigenvalue weighted by Crippen LogP contribution is 2.35. The largest absolute Gasteiger partial charge is 0.374 e. The van der Waals surface area contributed by atoms with Crippen LogP contribution in [-0.2, 0) is 6.42 Å². The Labute approximate surface area is 150 Å². The number of hydrogen-bond acceptors (Lipinski definition) is 4. The minimum atomic E-state index is 0.746. The van der Waals surface area contributed by atoms with E-state index in [-0.39, 0.29) is 0 Å². The Kier molecular flexibility index (Phi) is 6.81. The molecule has 0 aliphatic carbocycles. The van der Waals surface area contributed by atoms with Crippen molar-refractivity contribution in [3.8, 4) is 16.5 Å². The van der Waals surface area contributed by atoms with Crippen molar-refractivity contribution in [2.45, 2.75) is 52.9 Å². The first-order valence-electron chi connectivity index (χ1n) is 8.81. The van der Waals surface area contributed by atoms with Crippen LogP contribution in [-0.4, -0.2) is 18.6 Å². The first-order chi connectivity index (χ1) is 11.6. The fraction of sp³-hybridized carbons (Fsp3) is 0.500. The van der Waals surface area contributed by atoms with Crippen molar-refractivity contribution >= 4 is 17.0 Å². The van der Waals surface area contributed by atoms with Crippen LogP contribution in [0.25, 0.3) is 10.4 Å². The van der Waals surface area contributed by atoms with Crippen LogP contribution in [0, 0.1) is 18.3 Å². The van der Waals surface area contributed by atoms with Gasteiger partial charge in [-0.2, -0.15) is 5.26 Å². The third kappa shape index (κ3) is 4.36. The molecule has 0 atom stereocenters. The van der Waals surface area contributed by atoms with Crippen molar-refractivity contribution < 1.29 is 0 Å². The topological polar surface area (TPSA) is 39.9 Å². The number of rotatable bonds is 3. The molecule has 1 aromatic heterocycles. The summed E-state index contributed by atoms with van der Waals surface area (Å²) in [7, 11) is 2.09. The highest BCUT2D eigenvalue weighted by Gasteiger charge is 2.18. The van der Waals surface area contributed by atoms with Gasteiger partial charge in [0.2, 0.25) is 0 Å². The van der Waals surface area contributed by atoms with Crippen LogP contribution in [0.15, 0.2) is 18.3 Å². The molecule has 4 heteroatoms. The quantitative estimate of drug-likeness (QED) is 0.733. The van der Waals surface area contributed by atoms with Gasteiger partial charge in [-0.05, 0) is 37.5 Å². The molecule has 0 amide bonds. The van der Waals surface area contributed by atoms with Gasteiger partial charge in [0.05, 0.1) is 21.5 Å². The summed E-state index contributed by atoms with van der Waals surface area (Å²) in [5.74, 6) is 0. The lowest BCUT2D eigenvalue weighted by molar-refractivity contribution is 0.744. The number of benzene rings is 1. The van der Waals surface area contributed by atoms with Crippen LogP contribution in [0.2, 0.25) is 0 Å². The number of nitrogens with zero attached hydrogens (tertiary/aromatic N) is 3. The number of aryl methyl sites for hydroxylation is 2. The summed E-state index contributed by atoms with van der Waals surface area (Å²) in [5.41, 5.74) is 4.32. The summed E-state index contributed by atoms with van der Waals surface area (Å²) in [5, 5.41) is 10.4. The second-order valence-corrected chi connectivity index (χ2v) is 7.50. The molecular weight excluding hydrogens is 314 g/mol. The Morgan fingerprint density at radius 1 is 1.29 bits per heavy atom. The van der Waals surface area contributed by atoms with E-state index in [1.807, 2.05) is 19.2 Å². The first-order valence-corrected chi connectivity index (χ1v) is 9.63. The van der Waals surface area contributed by atoms with Crippen molar-refractivity contribution in [2.75, 3.05) is 18.5 Å². The van der Waals surface area contributed by atoms with E-state index in [0.717, 1.165) is 34.0 Å². The molecule has 24 heavy (non-hydrogen) atoms. The van der Waals surface area contributed by atoms with Crippen molar-refractivity contribution in [1.29, 1.82) is 5.26 Å². The molecule has 0 saturated heterocycles. The van der Waals surface area contributed by atoms with E-state index in [1.54, 1.807) is 11.3 Å². The van der Waals surface area contributed by atoms with Gasteiger partial charge in [-0.25, -0.2) is 4.98 Å². The van der Waals surface area contributed by atoms with E-state index in [9.17, 15) is 5.26 Å². The van der Waals surface area contributed by atoms with E-state index in [2.05, 4.69) is 42.9 Å². The normalized spacial score (nSPS) is 12.9. The van der Waals surface area contributed by atoms with Gasteiger partial charge < -0.3 is 4.90 Å². The van der Waals surface area contributed by atoms with Gasteiger partial charge in [-0.15, -0.1) is 11.3 Å². The third-order valence-corrected chi connectivity index (χ3v) is 5.23. The van der Waals surface area contributed by atoms with Gasteiger partial charge >= 0.3 is 0 Å². The van der Waals surface area contributed by atoms with Crippen molar-refractivity contribution in [1.82, 2.24) is 4.98 Å². The second kappa shape index (κ2) is 8.84. The molecule has 2 aromatic rings. The second-order valence-electron chi connectivity index (χ2n) is 6.26. The number of thiazole rings is 1. The van der Waals surface area contributed by atoms with Crippen LogP contribution in [0.5, 0.6) is 0 Å². The van der Waals surface area contributed by atoms with Gasteiger partial charge in [-0.3, -0.25) is 0 Å². The molecule has 0 N–H and O–H groups in total. The molecule has 3 nitrogen and oxygen atoms in total. The fourth-order valence-electron chi connectivity index (χ4n) is 2.95. The maximum Gasteiger partial charge on any atom is 0.0999 e. The number of anilines is 1. The molecule has 0 radical (unpaired) electrons. The number of hydrogen-bond donors (Lipinski definition) is 0. The van der Waals surface area contributed by atoms with Gasteiger partial charge in [-0.1, -0.05) is 33.1 Å². The zero-order valence-electron chi connectivity index (χ0n) is 15.2. The number of unbranched alkanes of at least 4 members (excludes halogenated alkanes) is 2. The molecule has 0 unspecified atom stereocenters. The lowest BCUT2D eigenvalue weighted by atomic mass is 9.95. The maximum atomic E-state index is 9.39. The first kappa shape index (κ1) is 18.5. The minimum absolute atomic E-state index is 0.746. The molecule has 128 valence electrons. The lowest BCUT2D eigenvalue weighted by Crippen LogP contribution is -2.24. The third-order valence-electron chi connectivity index (χ3n) is 4.28. The van der Waals surface area contributed by atoms with Crippen LogP contribution < -0.4 is 4.90 Å². The average Bonchev–Trinajstić information content (AvgIpc) is 3.02. The number of fused-ring (bicyclic) bond motifs is 1. The number of nitriles is 1. The van der Waals surface area contributed by atoms with Crippen LogP contribution in [0.4, 0.5) is 5.69 Å². The van der Waals surface area contributed by atoms with Crippen molar-refractivity contribution in [2.24, 2.45) is 0 Å².